The van der Waals surface area contributed by atoms with E-state index in [1.54, 1.807) is 0 Å². The predicted octanol–water partition coefficient (Wildman–Crippen LogP) is 3.25. The molecule has 0 unspecified atom stereocenters. The molecular weight excluding hydrogens is 238 g/mol. The molecule has 1 aromatic carbocycles. The molecule has 0 aliphatic carbocycles. The van der Waals surface area contributed by atoms with Crippen LogP contribution in [0.3, 0.4) is 0 Å². The molecule has 4 nitrogen and oxygen atoms in total. The molecule has 0 bridgehead atoms. The molecule has 2 aromatic rings. The van der Waals surface area contributed by atoms with Crippen LogP contribution in [0.25, 0.3) is 0 Å². The molecule has 5 heteroatoms. The van der Waals surface area contributed by atoms with Crippen LogP contribution in [0, 0.1) is 13.8 Å². The number of aromatic carboxylic acids is 1. The van der Waals surface area contributed by atoms with E-state index in [2.05, 4.69) is 4.98 Å². The van der Waals surface area contributed by atoms with Gasteiger partial charge in [-0.15, -0.1) is 0 Å². The second-order valence-electron chi connectivity index (χ2n) is 3.67. The molecule has 0 aliphatic rings. The zero-order valence-corrected chi connectivity index (χ0v) is 10.2. The SMILES string of the molecule is Cc1ccc(C)c(Oc2nc(C(=O)O)cs2)c1. The molecule has 0 spiro atoms. The average Bonchev–Trinajstić information content (AvgIpc) is 2.72. The first-order chi connectivity index (χ1) is 8.06. The van der Waals surface area contributed by atoms with Gasteiger partial charge < -0.3 is 9.84 Å². The highest BCUT2D eigenvalue weighted by atomic mass is 32.1. The zero-order valence-electron chi connectivity index (χ0n) is 9.43. The minimum absolute atomic E-state index is 0.00954. The van der Waals surface area contributed by atoms with Crippen LogP contribution in [-0.4, -0.2) is 16.1 Å². The number of carboxylic acid groups (broad SMARTS) is 1. The summed E-state index contributed by atoms with van der Waals surface area (Å²) >= 11 is 1.17. The van der Waals surface area contributed by atoms with E-state index in [0.29, 0.717) is 10.9 Å². The van der Waals surface area contributed by atoms with Crippen molar-refractivity contribution in [1.82, 2.24) is 4.98 Å². The Morgan fingerprint density at radius 1 is 1.41 bits per heavy atom. The normalized spacial score (nSPS) is 10.2. The number of carbonyl (C=O) groups is 1. The molecule has 2 rings (SSSR count). The summed E-state index contributed by atoms with van der Waals surface area (Å²) in [5.41, 5.74) is 2.08. The number of hydrogen-bond donors (Lipinski definition) is 1. The van der Waals surface area contributed by atoms with Crippen molar-refractivity contribution in [3.63, 3.8) is 0 Å². The van der Waals surface area contributed by atoms with Crippen LogP contribution in [0.2, 0.25) is 0 Å². The Morgan fingerprint density at radius 3 is 2.82 bits per heavy atom. The average molecular weight is 249 g/mol. The van der Waals surface area contributed by atoms with Crippen molar-refractivity contribution in [3.05, 3.63) is 40.4 Å². The molecule has 0 amide bonds. The van der Waals surface area contributed by atoms with Crippen molar-refractivity contribution in [2.45, 2.75) is 13.8 Å². The van der Waals surface area contributed by atoms with Crippen LogP contribution < -0.4 is 4.74 Å². The quantitative estimate of drug-likeness (QED) is 0.907. The Hall–Kier alpha value is -1.88. The summed E-state index contributed by atoms with van der Waals surface area (Å²) in [6, 6.07) is 5.85. The number of carboxylic acids is 1. The summed E-state index contributed by atoms with van der Waals surface area (Å²) in [7, 11) is 0. The highest BCUT2D eigenvalue weighted by Crippen LogP contribution is 2.28. The van der Waals surface area contributed by atoms with Gasteiger partial charge in [-0.25, -0.2) is 4.79 Å². The van der Waals surface area contributed by atoms with E-state index in [9.17, 15) is 4.79 Å². The van der Waals surface area contributed by atoms with Crippen LogP contribution >= 0.6 is 11.3 Å². The standard InChI is InChI=1S/C12H11NO3S/c1-7-3-4-8(2)10(5-7)16-12-13-9(6-17-12)11(14)15/h3-6H,1-2H3,(H,14,15). The van der Waals surface area contributed by atoms with E-state index in [1.165, 1.54) is 16.7 Å². The largest absolute Gasteiger partial charge is 0.476 e. The number of ether oxygens (including phenoxy) is 1. The summed E-state index contributed by atoms with van der Waals surface area (Å²) in [5, 5.41) is 10.6. The van der Waals surface area contributed by atoms with Crippen molar-refractivity contribution in [2.75, 3.05) is 0 Å². The maximum absolute atomic E-state index is 10.7. The summed E-state index contributed by atoms with van der Waals surface area (Å²) in [4.78, 5) is 14.5. The first-order valence-electron chi connectivity index (χ1n) is 5.00. The maximum atomic E-state index is 10.7. The van der Waals surface area contributed by atoms with E-state index >= 15 is 0 Å². The smallest absolute Gasteiger partial charge is 0.355 e. The lowest BCUT2D eigenvalue weighted by Gasteiger charge is -2.06. The lowest BCUT2D eigenvalue weighted by atomic mass is 10.1. The third-order valence-electron chi connectivity index (χ3n) is 2.24. The molecule has 1 aromatic heterocycles. The number of benzene rings is 1. The monoisotopic (exact) mass is 249 g/mol. The summed E-state index contributed by atoms with van der Waals surface area (Å²) < 4.78 is 5.56. The second kappa shape index (κ2) is 4.55. The molecule has 1 heterocycles. The molecule has 0 radical (unpaired) electrons. The summed E-state index contributed by atoms with van der Waals surface area (Å²) in [5.74, 6) is -0.339. The molecule has 0 aliphatic heterocycles. The third kappa shape index (κ3) is 2.62. The summed E-state index contributed by atoms with van der Waals surface area (Å²) in [6.45, 7) is 3.90. The fourth-order valence-electron chi connectivity index (χ4n) is 1.31. The van der Waals surface area contributed by atoms with Gasteiger partial charge in [-0.3, -0.25) is 0 Å². The van der Waals surface area contributed by atoms with Crippen LogP contribution in [0.4, 0.5) is 0 Å². The first kappa shape index (κ1) is 11.6. The van der Waals surface area contributed by atoms with E-state index < -0.39 is 5.97 Å². The summed E-state index contributed by atoms with van der Waals surface area (Å²) in [6.07, 6.45) is 0. The van der Waals surface area contributed by atoms with Gasteiger partial charge in [0.2, 0.25) is 0 Å². The Balaban J connectivity index is 2.25. The highest BCUT2D eigenvalue weighted by Gasteiger charge is 2.10. The lowest BCUT2D eigenvalue weighted by Crippen LogP contribution is -1.96. The lowest BCUT2D eigenvalue weighted by molar-refractivity contribution is 0.0690. The van der Waals surface area contributed by atoms with Crippen LogP contribution in [-0.2, 0) is 0 Å². The van der Waals surface area contributed by atoms with Crippen molar-refractivity contribution in [1.29, 1.82) is 0 Å². The molecule has 0 atom stereocenters. The minimum atomic E-state index is -1.04. The van der Waals surface area contributed by atoms with Gasteiger partial charge in [-0.05, 0) is 31.0 Å². The van der Waals surface area contributed by atoms with E-state index in [-0.39, 0.29) is 5.69 Å². The predicted molar refractivity (Wildman–Crippen MR) is 65.1 cm³/mol. The maximum Gasteiger partial charge on any atom is 0.355 e. The highest BCUT2D eigenvalue weighted by molar-refractivity contribution is 7.11. The number of aryl methyl sites for hydroxylation is 2. The van der Waals surface area contributed by atoms with Crippen LogP contribution in [0.1, 0.15) is 21.6 Å². The third-order valence-corrected chi connectivity index (χ3v) is 2.96. The fourth-order valence-corrected chi connectivity index (χ4v) is 1.97. The van der Waals surface area contributed by atoms with Gasteiger partial charge in [-0.1, -0.05) is 23.5 Å². The van der Waals surface area contributed by atoms with Crippen molar-refractivity contribution < 1.29 is 14.6 Å². The van der Waals surface area contributed by atoms with Gasteiger partial charge >= 0.3 is 5.97 Å². The van der Waals surface area contributed by atoms with Gasteiger partial charge in [-0.2, -0.15) is 4.98 Å². The molecule has 17 heavy (non-hydrogen) atoms. The van der Waals surface area contributed by atoms with Gasteiger partial charge in [0, 0.05) is 5.38 Å². The Kier molecular flexibility index (Phi) is 3.10. The van der Waals surface area contributed by atoms with Crippen molar-refractivity contribution in [2.24, 2.45) is 0 Å². The Bertz CT molecular complexity index is 563. The zero-order chi connectivity index (χ0) is 12.4. The van der Waals surface area contributed by atoms with Gasteiger partial charge in [0.25, 0.3) is 5.19 Å². The van der Waals surface area contributed by atoms with E-state index in [0.717, 1.165) is 11.1 Å². The molecule has 0 saturated heterocycles. The fraction of sp³-hybridized carbons (Fsp3) is 0.167. The van der Waals surface area contributed by atoms with E-state index in [1.807, 2.05) is 32.0 Å². The number of aromatic nitrogens is 1. The topological polar surface area (TPSA) is 59.4 Å². The number of hydrogen-bond acceptors (Lipinski definition) is 4. The van der Waals surface area contributed by atoms with Crippen LogP contribution in [0.5, 0.6) is 10.9 Å². The molecule has 1 N–H and O–H groups in total. The van der Waals surface area contributed by atoms with Gasteiger partial charge in [0.05, 0.1) is 0 Å². The number of thiazole rings is 1. The Morgan fingerprint density at radius 2 is 2.18 bits per heavy atom. The van der Waals surface area contributed by atoms with Crippen LogP contribution in [0.15, 0.2) is 23.6 Å². The van der Waals surface area contributed by atoms with Crippen molar-refractivity contribution >= 4 is 17.3 Å². The Labute approximate surface area is 103 Å². The number of rotatable bonds is 3. The number of nitrogens with zero attached hydrogens (tertiary/aromatic N) is 1. The van der Waals surface area contributed by atoms with Gasteiger partial charge in [0.1, 0.15) is 5.75 Å². The van der Waals surface area contributed by atoms with Crippen molar-refractivity contribution in [3.8, 4) is 10.9 Å². The second-order valence-corrected chi connectivity index (χ2v) is 4.50. The first-order valence-corrected chi connectivity index (χ1v) is 5.88. The molecule has 0 fully saturated rings. The van der Waals surface area contributed by atoms with Gasteiger partial charge in [0.15, 0.2) is 5.69 Å². The molecular formula is C12H11NO3S. The van der Waals surface area contributed by atoms with E-state index in [4.69, 9.17) is 9.84 Å². The minimum Gasteiger partial charge on any atom is -0.476 e. The molecule has 88 valence electrons. The molecule has 0 saturated carbocycles.